The van der Waals surface area contributed by atoms with E-state index in [1.165, 1.54) is 14.2 Å². The monoisotopic (exact) mass is 243 g/mol. The van der Waals surface area contributed by atoms with Crippen LogP contribution >= 0.6 is 0 Å². The van der Waals surface area contributed by atoms with Crippen LogP contribution in [0, 0.1) is 0 Å². The fourth-order valence-electron chi connectivity index (χ4n) is 0.934. The van der Waals surface area contributed by atoms with E-state index in [0.717, 1.165) is 0 Å². The van der Waals surface area contributed by atoms with Crippen LogP contribution in [0.25, 0.3) is 0 Å². The summed E-state index contributed by atoms with van der Waals surface area (Å²) in [5.74, 6) is 5.37. The Labute approximate surface area is 102 Å². The van der Waals surface area contributed by atoms with Crippen molar-refractivity contribution in [3.63, 3.8) is 0 Å². The van der Waals surface area contributed by atoms with Gasteiger partial charge in [0.05, 0.1) is 20.4 Å². The normalized spacial score (nSPS) is 13.1. The lowest BCUT2D eigenvalue weighted by atomic mass is 10.5. The first-order valence-corrected chi connectivity index (χ1v) is 5.02. The second-order valence-corrected chi connectivity index (χ2v) is 3.15. The third kappa shape index (κ3) is 5.67. The summed E-state index contributed by atoms with van der Waals surface area (Å²) in [5, 5.41) is 3.06. The van der Waals surface area contributed by atoms with Crippen molar-refractivity contribution in [3.8, 4) is 0 Å². The van der Waals surface area contributed by atoms with Crippen LogP contribution in [0.2, 0.25) is 0 Å². The van der Waals surface area contributed by atoms with Crippen molar-refractivity contribution in [2.45, 2.75) is 13.1 Å². The van der Waals surface area contributed by atoms with Gasteiger partial charge in [-0.1, -0.05) is 0 Å². The smallest absolute Gasteiger partial charge is 0.296 e. The fourth-order valence-corrected chi connectivity index (χ4v) is 0.934. The van der Waals surface area contributed by atoms with Gasteiger partial charge < -0.3 is 25.1 Å². The molecule has 0 aromatic heterocycles. The number of aliphatic imine (C=N–C) groups is 1. The molecule has 0 bridgehead atoms. The summed E-state index contributed by atoms with van der Waals surface area (Å²) in [6.45, 7) is 5.54. The minimum atomic E-state index is -0.0389. The van der Waals surface area contributed by atoms with E-state index in [1.807, 2.05) is 14.0 Å². The molecule has 0 aliphatic rings. The second-order valence-electron chi connectivity index (χ2n) is 3.15. The summed E-state index contributed by atoms with van der Waals surface area (Å²) in [5.41, 5.74) is 2.39. The van der Waals surface area contributed by atoms with E-state index in [1.54, 1.807) is 17.3 Å². The first kappa shape index (κ1) is 15.1. The van der Waals surface area contributed by atoms with Crippen molar-refractivity contribution < 1.29 is 9.47 Å². The summed E-state index contributed by atoms with van der Waals surface area (Å²) in [7, 11) is 4.85. The molecule has 0 rings (SSSR count). The molecule has 0 aromatic rings. The van der Waals surface area contributed by atoms with E-state index < -0.39 is 0 Å². The lowest BCUT2D eigenvalue weighted by molar-refractivity contribution is 0.244. The van der Waals surface area contributed by atoms with Crippen LogP contribution in [0.1, 0.15) is 6.92 Å². The number of methoxy groups -OCH3 is 2. The summed E-state index contributed by atoms with van der Waals surface area (Å²) >= 11 is 0. The Morgan fingerprint density at radius 3 is 2.53 bits per heavy atom. The molecule has 0 aliphatic heterocycles. The standard InChI is InChI=1S/C10H21N5O2/c1-8(12-6-7-13-11)15(3)10(17-5)14-9(2)16-4/h6-8,12-13H,2,11H2,1,3-5H3/b7-6-,14-10?. The SMILES string of the molecule is C=C(N=C(OC)N(C)C(C)N/C=C\NN)OC. The summed E-state index contributed by atoms with van der Waals surface area (Å²) in [4.78, 5) is 5.84. The molecule has 0 aromatic carbocycles. The number of hydrazine groups is 1. The molecule has 0 fully saturated rings. The Morgan fingerprint density at radius 2 is 2.06 bits per heavy atom. The van der Waals surface area contributed by atoms with Gasteiger partial charge in [0.25, 0.3) is 6.02 Å². The number of nitrogens with zero attached hydrogens (tertiary/aromatic N) is 2. The van der Waals surface area contributed by atoms with Gasteiger partial charge in [-0.3, -0.25) is 5.84 Å². The third-order valence-corrected chi connectivity index (χ3v) is 2.04. The predicted octanol–water partition coefficient (Wildman–Crippen LogP) is -0.0917. The van der Waals surface area contributed by atoms with Crippen LogP contribution in [-0.4, -0.2) is 38.4 Å². The van der Waals surface area contributed by atoms with E-state index in [2.05, 4.69) is 22.3 Å². The number of hydrogen-bond donors (Lipinski definition) is 3. The molecule has 17 heavy (non-hydrogen) atoms. The highest BCUT2D eigenvalue weighted by molar-refractivity contribution is 5.74. The van der Waals surface area contributed by atoms with Gasteiger partial charge in [0.1, 0.15) is 0 Å². The molecule has 7 nitrogen and oxygen atoms in total. The summed E-state index contributed by atoms with van der Waals surface area (Å²) in [6, 6.07) is 0.394. The number of ether oxygens (including phenoxy) is 2. The van der Waals surface area contributed by atoms with Crippen molar-refractivity contribution in [2.75, 3.05) is 21.3 Å². The van der Waals surface area contributed by atoms with E-state index in [4.69, 9.17) is 15.3 Å². The van der Waals surface area contributed by atoms with E-state index in [0.29, 0.717) is 6.02 Å². The summed E-state index contributed by atoms with van der Waals surface area (Å²) < 4.78 is 10.0. The first-order valence-electron chi connectivity index (χ1n) is 5.02. The third-order valence-electron chi connectivity index (χ3n) is 2.04. The second kappa shape index (κ2) is 8.28. The van der Waals surface area contributed by atoms with Crippen LogP contribution in [0.3, 0.4) is 0 Å². The quantitative estimate of drug-likeness (QED) is 0.151. The van der Waals surface area contributed by atoms with Crippen LogP contribution in [0.5, 0.6) is 0 Å². The van der Waals surface area contributed by atoms with Gasteiger partial charge in [-0.15, -0.1) is 0 Å². The molecule has 0 saturated carbocycles. The number of amidine groups is 1. The van der Waals surface area contributed by atoms with Crippen molar-refractivity contribution in [3.05, 3.63) is 24.9 Å². The Bertz CT molecular complexity index is 290. The minimum Gasteiger partial charge on any atom is -0.481 e. The molecule has 0 heterocycles. The summed E-state index contributed by atoms with van der Waals surface area (Å²) in [6.07, 6.45) is 3.21. The van der Waals surface area contributed by atoms with E-state index in [-0.39, 0.29) is 12.0 Å². The first-order chi connectivity index (χ1) is 8.06. The van der Waals surface area contributed by atoms with Gasteiger partial charge in [-0.25, -0.2) is 0 Å². The maximum Gasteiger partial charge on any atom is 0.296 e. The maximum absolute atomic E-state index is 5.14. The molecule has 0 radical (unpaired) electrons. The maximum atomic E-state index is 5.14. The van der Waals surface area contributed by atoms with Crippen molar-refractivity contribution in [1.82, 2.24) is 15.6 Å². The van der Waals surface area contributed by atoms with Crippen molar-refractivity contribution >= 4 is 6.02 Å². The molecule has 0 saturated heterocycles. The van der Waals surface area contributed by atoms with Crippen LogP contribution in [-0.2, 0) is 9.47 Å². The topological polar surface area (TPSA) is 84.1 Å². The lowest BCUT2D eigenvalue weighted by Gasteiger charge is -2.26. The van der Waals surface area contributed by atoms with Gasteiger partial charge in [0.15, 0.2) is 0 Å². The number of hydrogen-bond acceptors (Lipinski definition) is 6. The zero-order valence-electron chi connectivity index (χ0n) is 10.7. The van der Waals surface area contributed by atoms with Crippen LogP contribution in [0.4, 0.5) is 0 Å². The van der Waals surface area contributed by atoms with Gasteiger partial charge in [0.2, 0.25) is 5.88 Å². The largest absolute Gasteiger partial charge is 0.481 e. The number of nitrogens with two attached hydrogens (primary N) is 1. The van der Waals surface area contributed by atoms with Crippen molar-refractivity contribution in [1.29, 1.82) is 0 Å². The highest BCUT2D eigenvalue weighted by atomic mass is 16.5. The average molecular weight is 243 g/mol. The number of rotatable bonds is 6. The Hall–Kier alpha value is -1.89. The fraction of sp³-hybridized carbons (Fsp3) is 0.500. The Balaban J connectivity index is 4.52. The Kier molecular flexibility index (Phi) is 7.36. The number of nitrogens with one attached hydrogen (secondary N) is 2. The van der Waals surface area contributed by atoms with Crippen LogP contribution in [0.15, 0.2) is 29.9 Å². The molecule has 0 amide bonds. The predicted molar refractivity (Wildman–Crippen MR) is 67.4 cm³/mol. The van der Waals surface area contributed by atoms with Crippen molar-refractivity contribution in [2.24, 2.45) is 10.8 Å². The molecular formula is C10H21N5O2. The molecule has 7 heteroatoms. The van der Waals surface area contributed by atoms with Gasteiger partial charge >= 0.3 is 0 Å². The lowest BCUT2D eigenvalue weighted by Crippen LogP contribution is -2.43. The van der Waals surface area contributed by atoms with Crippen LogP contribution < -0.4 is 16.6 Å². The van der Waals surface area contributed by atoms with Gasteiger partial charge in [-0.2, -0.15) is 4.99 Å². The van der Waals surface area contributed by atoms with Gasteiger partial charge in [-0.05, 0) is 13.5 Å². The highest BCUT2D eigenvalue weighted by Crippen LogP contribution is 2.01. The molecule has 0 spiro atoms. The molecule has 98 valence electrons. The minimum absolute atomic E-state index is 0.0389. The highest BCUT2D eigenvalue weighted by Gasteiger charge is 2.13. The van der Waals surface area contributed by atoms with Gasteiger partial charge in [0, 0.05) is 19.4 Å². The molecule has 1 unspecified atom stereocenters. The Morgan fingerprint density at radius 1 is 1.41 bits per heavy atom. The zero-order chi connectivity index (χ0) is 13.3. The molecule has 1 atom stereocenters. The molecular weight excluding hydrogens is 222 g/mol. The van der Waals surface area contributed by atoms with E-state index >= 15 is 0 Å². The zero-order valence-corrected chi connectivity index (χ0v) is 10.7. The molecule has 0 aliphatic carbocycles. The molecule has 4 N–H and O–H groups in total. The average Bonchev–Trinajstić information content (AvgIpc) is 2.34. The van der Waals surface area contributed by atoms with E-state index in [9.17, 15) is 0 Å².